The Balaban J connectivity index is 1.46. The Morgan fingerprint density at radius 3 is 2.57 bits per heavy atom. The maximum Gasteiger partial charge on any atom is 0.235 e. The van der Waals surface area contributed by atoms with Gasteiger partial charge >= 0.3 is 0 Å². The number of sulfonamides is 1. The number of benzene rings is 3. The van der Waals surface area contributed by atoms with Gasteiger partial charge in [-0.1, -0.05) is 6.07 Å². The third-order valence-corrected chi connectivity index (χ3v) is 8.37. The first-order chi connectivity index (χ1) is 17.8. The van der Waals surface area contributed by atoms with Crippen molar-refractivity contribution in [1.82, 2.24) is 19.3 Å². The molecule has 1 aliphatic carbocycles. The van der Waals surface area contributed by atoms with Gasteiger partial charge in [-0.15, -0.1) is 0 Å². The van der Waals surface area contributed by atoms with Gasteiger partial charge in [0.15, 0.2) is 0 Å². The van der Waals surface area contributed by atoms with Crippen LogP contribution >= 0.6 is 0 Å². The zero-order valence-corrected chi connectivity index (χ0v) is 20.7. The molecule has 2 aromatic heterocycles. The van der Waals surface area contributed by atoms with Crippen LogP contribution in [0.25, 0.3) is 39.0 Å². The first-order valence-corrected chi connectivity index (χ1v) is 13.5. The summed E-state index contributed by atoms with van der Waals surface area (Å²) in [5.74, 6) is -1.42. The number of nitrogens with zero attached hydrogens (tertiary/aromatic N) is 4. The summed E-state index contributed by atoms with van der Waals surface area (Å²) in [6.07, 6.45) is 6.64. The average molecular weight is 520 g/mol. The minimum atomic E-state index is -3.56. The second kappa shape index (κ2) is 8.81. The van der Waals surface area contributed by atoms with Crippen LogP contribution < -0.4 is 4.72 Å². The van der Waals surface area contributed by atoms with Crippen molar-refractivity contribution in [2.45, 2.75) is 31.6 Å². The van der Waals surface area contributed by atoms with Crippen molar-refractivity contribution in [2.24, 2.45) is 0 Å². The number of halogens is 2. The molecule has 1 saturated carbocycles. The molecule has 1 fully saturated rings. The number of hydrogen-bond donors (Lipinski definition) is 1. The largest absolute Gasteiger partial charge is 0.299 e. The summed E-state index contributed by atoms with van der Waals surface area (Å²) in [4.78, 5) is 4.56. The third kappa shape index (κ3) is 4.48. The van der Waals surface area contributed by atoms with E-state index in [1.165, 1.54) is 12.1 Å². The van der Waals surface area contributed by atoms with E-state index in [4.69, 9.17) is 0 Å². The molecule has 0 atom stereocenters. The Labute approximate surface area is 212 Å². The zero-order valence-electron chi connectivity index (χ0n) is 19.9. The molecule has 2 heterocycles. The Hall–Kier alpha value is -4.05. The van der Waals surface area contributed by atoms with E-state index in [9.17, 15) is 17.2 Å². The molecule has 1 N–H and O–H groups in total. The lowest BCUT2D eigenvalue weighted by Gasteiger charge is -2.14. The van der Waals surface area contributed by atoms with Crippen LogP contribution in [0.3, 0.4) is 0 Å². The molecule has 3 aromatic carbocycles. The smallest absolute Gasteiger partial charge is 0.235 e. The molecule has 0 bridgehead atoms. The molecule has 6 rings (SSSR count). The maximum absolute atomic E-state index is 14.7. The van der Waals surface area contributed by atoms with Gasteiger partial charge in [-0.25, -0.2) is 22.2 Å². The van der Waals surface area contributed by atoms with E-state index in [0.717, 1.165) is 34.8 Å². The molecule has 37 heavy (non-hydrogen) atoms. The van der Waals surface area contributed by atoms with Gasteiger partial charge in [0, 0.05) is 35.6 Å². The Morgan fingerprint density at radius 1 is 1.00 bits per heavy atom. The topological polar surface area (TPSA) is 81.8 Å². The second-order valence-electron chi connectivity index (χ2n) is 9.14. The Morgan fingerprint density at radius 2 is 1.84 bits per heavy atom. The molecule has 0 amide bonds. The fourth-order valence-corrected chi connectivity index (χ4v) is 5.77. The standard InChI is InChI=1S/C27H23F2N5O2S/c1-2-33-15-19(14-31-33)17-3-8-27-26(11-17)30-16-34(27)22-10-18(24-7-4-20(28)12-25(24)29)9-21(13-22)32-37(35,36)23-5-6-23/h3-4,7-16,23,32H,2,5-6H2,1H3. The zero-order chi connectivity index (χ0) is 25.7. The van der Waals surface area contributed by atoms with E-state index in [1.807, 2.05) is 40.6 Å². The minimum absolute atomic E-state index is 0.162. The number of aryl methyl sites for hydroxylation is 1. The fourth-order valence-electron chi connectivity index (χ4n) is 4.40. The Kier molecular flexibility index (Phi) is 5.56. The normalized spacial score (nSPS) is 13.8. The summed E-state index contributed by atoms with van der Waals surface area (Å²) in [6, 6.07) is 14.2. The molecule has 188 valence electrons. The van der Waals surface area contributed by atoms with Crippen molar-refractivity contribution in [1.29, 1.82) is 0 Å². The number of aromatic nitrogens is 4. The molecule has 0 aliphatic heterocycles. The van der Waals surface area contributed by atoms with Crippen molar-refractivity contribution in [3.63, 3.8) is 0 Å². The van der Waals surface area contributed by atoms with Crippen LogP contribution in [0.15, 0.2) is 73.3 Å². The van der Waals surface area contributed by atoms with Crippen LogP contribution in [-0.2, 0) is 16.6 Å². The third-order valence-electron chi connectivity index (χ3n) is 6.50. The van der Waals surface area contributed by atoms with Crippen LogP contribution in [0.5, 0.6) is 0 Å². The van der Waals surface area contributed by atoms with E-state index in [2.05, 4.69) is 14.8 Å². The van der Waals surface area contributed by atoms with Crippen LogP contribution in [0.2, 0.25) is 0 Å². The number of hydrogen-bond acceptors (Lipinski definition) is 4. The van der Waals surface area contributed by atoms with Gasteiger partial charge < -0.3 is 0 Å². The Bertz CT molecular complexity index is 1760. The van der Waals surface area contributed by atoms with Crippen molar-refractivity contribution < 1.29 is 17.2 Å². The molecule has 0 spiro atoms. The quantitative estimate of drug-likeness (QED) is 0.297. The highest BCUT2D eigenvalue weighted by molar-refractivity contribution is 7.93. The highest BCUT2D eigenvalue weighted by atomic mass is 32.2. The summed E-state index contributed by atoms with van der Waals surface area (Å²) >= 11 is 0. The number of anilines is 1. The van der Waals surface area contributed by atoms with Crippen LogP contribution in [0.4, 0.5) is 14.5 Å². The summed E-state index contributed by atoms with van der Waals surface area (Å²) in [7, 11) is -3.56. The summed E-state index contributed by atoms with van der Waals surface area (Å²) in [5, 5.41) is 3.91. The summed E-state index contributed by atoms with van der Waals surface area (Å²) in [5.41, 5.74) is 4.93. The molecule has 7 nitrogen and oxygen atoms in total. The molecule has 5 aromatic rings. The maximum atomic E-state index is 14.7. The SMILES string of the molecule is CCn1cc(-c2ccc3c(c2)ncn3-c2cc(NS(=O)(=O)C3CC3)cc(-c3ccc(F)cc3F)c2)cn1. The van der Waals surface area contributed by atoms with E-state index >= 15 is 0 Å². The lowest BCUT2D eigenvalue weighted by atomic mass is 10.0. The van der Waals surface area contributed by atoms with Gasteiger partial charge in [0.25, 0.3) is 0 Å². The average Bonchev–Trinajstić information content (AvgIpc) is 3.49. The first kappa shape index (κ1) is 23.4. The molecule has 0 unspecified atom stereocenters. The lowest BCUT2D eigenvalue weighted by molar-refractivity contribution is 0.585. The van der Waals surface area contributed by atoms with Gasteiger partial charge in [0.2, 0.25) is 10.0 Å². The predicted octanol–water partition coefficient (Wildman–Crippen LogP) is 5.76. The van der Waals surface area contributed by atoms with Crippen molar-refractivity contribution in [2.75, 3.05) is 4.72 Å². The second-order valence-corrected chi connectivity index (χ2v) is 11.1. The molecular weight excluding hydrogens is 496 g/mol. The number of rotatable bonds is 7. The molecule has 0 radical (unpaired) electrons. The van der Waals surface area contributed by atoms with E-state index < -0.39 is 26.9 Å². The van der Waals surface area contributed by atoms with E-state index in [0.29, 0.717) is 29.8 Å². The molecule has 10 heteroatoms. The summed E-state index contributed by atoms with van der Waals surface area (Å²) in [6.45, 7) is 2.79. The highest BCUT2D eigenvalue weighted by Gasteiger charge is 2.35. The van der Waals surface area contributed by atoms with E-state index in [-0.39, 0.29) is 5.56 Å². The van der Waals surface area contributed by atoms with Crippen molar-refractivity contribution >= 4 is 26.7 Å². The van der Waals surface area contributed by atoms with Gasteiger partial charge in [0.05, 0.1) is 28.2 Å². The van der Waals surface area contributed by atoms with Gasteiger partial charge in [0.1, 0.15) is 18.0 Å². The van der Waals surface area contributed by atoms with Crippen LogP contribution in [-0.4, -0.2) is 33.0 Å². The van der Waals surface area contributed by atoms with Crippen LogP contribution in [0.1, 0.15) is 19.8 Å². The highest BCUT2D eigenvalue weighted by Crippen LogP contribution is 2.34. The molecular formula is C27H23F2N5O2S. The number of imidazole rings is 1. The fraction of sp³-hybridized carbons (Fsp3) is 0.185. The summed E-state index contributed by atoms with van der Waals surface area (Å²) < 4.78 is 59.9. The van der Waals surface area contributed by atoms with Gasteiger partial charge in [-0.05, 0) is 73.4 Å². The van der Waals surface area contributed by atoms with Crippen molar-refractivity contribution in [3.05, 3.63) is 85.0 Å². The first-order valence-electron chi connectivity index (χ1n) is 11.9. The van der Waals surface area contributed by atoms with E-state index in [1.54, 1.807) is 30.7 Å². The predicted molar refractivity (Wildman–Crippen MR) is 139 cm³/mol. The molecule has 0 saturated heterocycles. The van der Waals surface area contributed by atoms with Gasteiger partial charge in [-0.2, -0.15) is 5.10 Å². The lowest BCUT2D eigenvalue weighted by Crippen LogP contribution is -2.17. The molecule has 1 aliphatic rings. The van der Waals surface area contributed by atoms with Crippen molar-refractivity contribution in [3.8, 4) is 27.9 Å². The van der Waals surface area contributed by atoms with Gasteiger partial charge in [-0.3, -0.25) is 14.0 Å². The number of fused-ring (bicyclic) bond motifs is 1. The number of nitrogens with one attached hydrogen (secondary N) is 1. The van der Waals surface area contributed by atoms with Crippen LogP contribution in [0, 0.1) is 11.6 Å². The monoisotopic (exact) mass is 519 g/mol. The minimum Gasteiger partial charge on any atom is -0.299 e.